The van der Waals surface area contributed by atoms with Crippen LogP contribution in [-0.2, 0) is 4.84 Å². The Morgan fingerprint density at radius 1 is 1.00 bits per heavy atom. The number of nitrogens with one attached hydrogen (secondary N) is 1. The highest BCUT2D eigenvalue weighted by atomic mass is 19.2. The Morgan fingerprint density at radius 3 is 2.00 bits per heavy atom. The van der Waals surface area contributed by atoms with Gasteiger partial charge in [-0.2, -0.15) is 23.0 Å². The first-order valence-corrected chi connectivity index (χ1v) is 2.16. The van der Waals surface area contributed by atoms with Crippen LogP contribution < -0.4 is 5.48 Å². The molecule has 1 aliphatic heterocycles. The average Bonchev–Trinajstić information content (AvgIpc) is 1.93. The van der Waals surface area contributed by atoms with Gasteiger partial charge in [0.2, 0.25) is 11.7 Å². The van der Waals surface area contributed by atoms with Crippen molar-refractivity contribution in [3.63, 3.8) is 0 Å². The van der Waals surface area contributed by atoms with Gasteiger partial charge < -0.3 is 4.84 Å². The van der Waals surface area contributed by atoms with Crippen LogP contribution >= 0.6 is 0 Å². The van der Waals surface area contributed by atoms with Crippen molar-refractivity contribution < 1.29 is 22.4 Å². The van der Waals surface area contributed by atoms with Crippen molar-refractivity contribution in [1.82, 2.24) is 5.48 Å². The Labute approximate surface area is 61.1 Å². The fourth-order valence-electron chi connectivity index (χ4n) is 0.362. The molecule has 0 unspecified atom stereocenters. The number of rotatable bonds is 0. The molecule has 0 saturated carbocycles. The van der Waals surface area contributed by atoms with Crippen LogP contribution in [-0.4, -0.2) is 8.41 Å². The highest BCUT2D eigenvalue weighted by molar-refractivity contribution is 5.75. The molecule has 7 heteroatoms. The lowest BCUT2D eigenvalue weighted by atomic mass is 10.5. The fraction of sp³-hybridized carbons (Fsp3) is 0. The largest absolute Gasteiger partial charge is 0.346 e. The second-order valence-corrected chi connectivity index (χ2v) is 1.42. The quantitative estimate of drug-likeness (QED) is 0.333. The summed E-state index contributed by atoms with van der Waals surface area (Å²) in [4.78, 5) is 3.49. The third-order valence-electron chi connectivity index (χ3n) is 0.788. The van der Waals surface area contributed by atoms with E-state index in [-0.39, 0.29) is 8.41 Å². The summed E-state index contributed by atoms with van der Waals surface area (Å²) in [5.41, 5.74) is 1.18. The molecule has 1 N–H and O–H groups in total. The van der Waals surface area contributed by atoms with Crippen molar-refractivity contribution in [3.05, 3.63) is 23.6 Å². The van der Waals surface area contributed by atoms with E-state index < -0.39 is 23.6 Å². The molecule has 1 heterocycles. The first-order valence-electron chi connectivity index (χ1n) is 2.16. The van der Waals surface area contributed by atoms with Crippen molar-refractivity contribution in [2.45, 2.75) is 0 Å². The molecule has 0 atom stereocenters. The average molecular weight is 166 g/mol. The minimum atomic E-state index is -1.98. The van der Waals surface area contributed by atoms with E-state index in [4.69, 9.17) is 0 Å². The van der Waals surface area contributed by atoms with E-state index in [1.807, 2.05) is 0 Å². The molecule has 0 bridgehead atoms. The lowest BCUT2D eigenvalue weighted by Gasteiger charge is -2.08. The van der Waals surface area contributed by atoms with Gasteiger partial charge >= 0.3 is 6.01 Å². The number of hydrogen-bond acceptors (Lipinski definition) is 2. The highest BCUT2D eigenvalue weighted by Crippen LogP contribution is 2.25. The number of halogens is 4. The third kappa shape index (κ3) is 1.66. The molecule has 0 saturated heterocycles. The molecule has 0 aliphatic carbocycles. The van der Waals surface area contributed by atoms with E-state index in [0.29, 0.717) is 0 Å². The van der Waals surface area contributed by atoms with E-state index in [1.165, 1.54) is 5.48 Å². The summed E-state index contributed by atoms with van der Waals surface area (Å²) in [5.74, 6) is -5.58. The van der Waals surface area contributed by atoms with Crippen LogP contribution in [0, 0.1) is 0 Å². The van der Waals surface area contributed by atoms with Gasteiger partial charge in [-0.05, 0) is 0 Å². The Morgan fingerprint density at radius 2 is 1.55 bits per heavy atom. The van der Waals surface area contributed by atoms with Gasteiger partial charge in [0.15, 0.2) is 0 Å². The zero-order valence-corrected chi connectivity index (χ0v) is 5.00. The van der Waals surface area contributed by atoms with E-state index in [1.54, 1.807) is 0 Å². The predicted molar refractivity (Wildman–Crippen MR) is 28.5 cm³/mol. The van der Waals surface area contributed by atoms with E-state index >= 15 is 0 Å². The van der Waals surface area contributed by atoms with E-state index in [9.17, 15) is 17.6 Å². The molecule has 11 heavy (non-hydrogen) atoms. The molecule has 3 radical (unpaired) electrons. The molecule has 59 valence electrons. The van der Waals surface area contributed by atoms with Crippen molar-refractivity contribution in [1.29, 1.82) is 0 Å². The summed E-state index contributed by atoms with van der Waals surface area (Å²) < 4.78 is 47.4. The Hall–Kier alpha value is -1.14. The Balaban J connectivity index is 0.000001000. The maximum Gasteiger partial charge on any atom is 0.340 e. The number of allylic oxidation sites excluding steroid dienone is 2. The minimum Gasteiger partial charge on any atom is -0.346 e. The van der Waals surface area contributed by atoms with Crippen LogP contribution in [0.15, 0.2) is 23.6 Å². The molecule has 1 rings (SSSR count). The topological polar surface area (TPSA) is 21.3 Å². The number of hydroxylamine groups is 1. The first-order chi connectivity index (χ1) is 4.63. The van der Waals surface area contributed by atoms with Crippen molar-refractivity contribution >= 4 is 8.41 Å². The SMILES string of the molecule is FC1=C(F)C(F)=C(F)ON1.[B]. The molecule has 0 aromatic heterocycles. The van der Waals surface area contributed by atoms with Crippen LogP contribution in [0.4, 0.5) is 17.6 Å². The lowest BCUT2D eigenvalue weighted by molar-refractivity contribution is 0.0411. The van der Waals surface area contributed by atoms with Crippen molar-refractivity contribution in [2.24, 2.45) is 0 Å². The van der Waals surface area contributed by atoms with Gasteiger partial charge in [-0.1, -0.05) is 0 Å². The molecule has 1 aliphatic rings. The van der Waals surface area contributed by atoms with Crippen LogP contribution in [0.5, 0.6) is 0 Å². The van der Waals surface area contributed by atoms with Crippen LogP contribution in [0.25, 0.3) is 0 Å². The van der Waals surface area contributed by atoms with Gasteiger partial charge in [-0.25, -0.2) is 0 Å². The van der Waals surface area contributed by atoms with Gasteiger partial charge in [0, 0.05) is 8.41 Å². The van der Waals surface area contributed by atoms with Gasteiger partial charge in [-0.15, -0.1) is 0 Å². The lowest BCUT2D eigenvalue weighted by Crippen LogP contribution is -2.16. The van der Waals surface area contributed by atoms with Crippen molar-refractivity contribution in [2.75, 3.05) is 0 Å². The summed E-state index contributed by atoms with van der Waals surface area (Å²) >= 11 is 0. The summed E-state index contributed by atoms with van der Waals surface area (Å²) in [5, 5.41) is 0. The molecule has 0 amide bonds. The second-order valence-electron chi connectivity index (χ2n) is 1.42. The minimum absolute atomic E-state index is 0. The predicted octanol–water partition coefficient (Wildman–Crippen LogP) is 1.36. The molecule has 0 aromatic carbocycles. The van der Waals surface area contributed by atoms with E-state index in [0.717, 1.165) is 0 Å². The monoisotopic (exact) mass is 166 g/mol. The second kappa shape index (κ2) is 3.31. The number of hydrogen-bond donors (Lipinski definition) is 1. The van der Waals surface area contributed by atoms with Gasteiger partial charge in [0.1, 0.15) is 0 Å². The Kier molecular flexibility index (Phi) is 2.97. The standard InChI is InChI=1S/C4HF4NO.B/c5-1-2(6)4(8)10-9-3(1)7;/h9H;. The zero-order valence-electron chi connectivity index (χ0n) is 5.00. The van der Waals surface area contributed by atoms with Crippen LogP contribution in [0.1, 0.15) is 0 Å². The summed E-state index contributed by atoms with van der Waals surface area (Å²) in [7, 11) is 0. The smallest absolute Gasteiger partial charge is 0.340 e. The third-order valence-corrected chi connectivity index (χ3v) is 0.788. The summed E-state index contributed by atoms with van der Waals surface area (Å²) in [6, 6.07) is -1.82. The molecular weight excluding hydrogens is 165 g/mol. The van der Waals surface area contributed by atoms with Crippen molar-refractivity contribution in [3.8, 4) is 0 Å². The zero-order chi connectivity index (χ0) is 7.72. The van der Waals surface area contributed by atoms with Gasteiger partial charge in [0.25, 0.3) is 5.95 Å². The van der Waals surface area contributed by atoms with Gasteiger partial charge in [-0.3, -0.25) is 0 Å². The maximum atomic E-state index is 11.9. The Bertz CT molecular complexity index is 202. The molecule has 2 nitrogen and oxygen atoms in total. The molecule has 0 spiro atoms. The first kappa shape index (κ1) is 9.86. The molecule has 0 aromatic rings. The van der Waals surface area contributed by atoms with Gasteiger partial charge in [0.05, 0.1) is 0 Å². The normalized spacial score (nSPS) is 17.1. The molecular formula is C4HBF4NO. The fourth-order valence-corrected chi connectivity index (χ4v) is 0.362. The summed E-state index contributed by atoms with van der Waals surface area (Å²) in [6.07, 6.45) is 0. The highest BCUT2D eigenvalue weighted by Gasteiger charge is 2.24. The van der Waals surface area contributed by atoms with Crippen LogP contribution in [0.2, 0.25) is 0 Å². The van der Waals surface area contributed by atoms with E-state index in [2.05, 4.69) is 4.84 Å². The summed E-state index contributed by atoms with van der Waals surface area (Å²) in [6.45, 7) is 0. The maximum absolute atomic E-state index is 11.9. The molecule has 0 fully saturated rings. The van der Waals surface area contributed by atoms with Crippen LogP contribution in [0.3, 0.4) is 0 Å².